The van der Waals surface area contributed by atoms with Gasteiger partial charge in [0.25, 0.3) is 5.91 Å². The number of aryl methyl sites for hydroxylation is 1. The Balaban J connectivity index is 1.67. The molecule has 1 aliphatic rings. The van der Waals surface area contributed by atoms with Crippen LogP contribution in [0.25, 0.3) is 22.4 Å². The van der Waals surface area contributed by atoms with Gasteiger partial charge in [-0.15, -0.1) is 0 Å². The maximum Gasteiger partial charge on any atom is 0.330 e. The van der Waals surface area contributed by atoms with E-state index in [1.54, 1.807) is 13.1 Å². The fourth-order valence-electron chi connectivity index (χ4n) is 3.97. The minimum absolute atomic E-state index is 0.135. The van der Waals surface area contributed by atoms with E-state index in [0.717, 1.165) is 29.5 Å². The molecule has 0 aliphatic heterocycles. The number of nitrogens with one attached hydrogen (secondary N) is 2. The summed E-state index contributed by atoms with van der Waals surface area (Å²) in [5, 5.41) is 3.24. The van der Waals surface area contributed by atoms with Crippen LogP contribution in [0.5, 0.6) is 0 Å². The van der Waals surface area contributed by atoms with Crippen molar-refractivity contribution in [3.63, 3.8) is 0 Å². The van der Waals surface area contributed by atoms with Crippen LogP contribution in [0.2, 0.25) is 0 Å². The van der Waals surface area contributed by atoms with Gasteiger partial charge in [-0.3, -0.25) is 4.79 Å². The van der Waals surface area contributed by atoms with E-state index in [9.17, 15) is 18.0 Å². The number of pyridine rings is 1. The average molecular weight is 512 g/mol. The number of carbonyl (C=O) groups excluding carboxylic acids is 2. The Hall–Kier alpha value is -3.50. The lowest BCUT2D eigenvalue weighted by molar-refractivity contribution is -0.134. The van der Waals surface area contributed by atoms with E-state index in [1.807, 2.05) is 37.3 Å². The van der Waals surface area contributed by atoms with Crippen molar-refractivity contribution in [1.82, 2.24) is 15.0 Å². The number of hydrogen-bond acceptors (Lipinski definition) is 7. The molecule has 3 aromatic rings. The Labute approximate surface area is 210 Å². The molecule has 1 fully saturated rings. The van der Waals surface area contributed by atoms with Gasteiger partial charge in [-0.25, -0.2) is 22.9 Å². The summed E-state index contributed by atoms with van der Waals surface area (Å²) in [6.07, 6.45) is 5.00. The van der Waals surface area contributed by atoms with Crippen molar-refractivity contribution in [3.8, 4) is 11.3 Å². The number of aromatic nitrogens is 1. The maximum atomic E-state index is 12.9. The number of esters is 1. The lowest BCUT2D eigenvalue weighted by Crippen LogP contribution is -2.26. The molecule has 4 rings (SSSR count). The van der Waals surface area contributed by atoms with Crippen LogP contribution < -0.4 is 10.0 Å². The monoisotopic (exact) mass is 511 g/mol. The molecule has 0 unspecified atom stereocenters. The molecule has 1 aliphatic carbocycles. The highest BCUT2D eigenvalue weighted by atomic mass is 32.2. The topological polar surface area (TPSA) is 128 Å². The number of rotatable bonds is 10. The summed E-state index contributed by atoms with van der Waals surface area (Å²) in [6, 6.07) is 9.48. The molecule has 10 heteroatoms. The van der Waals surface area contributed by atoms with Gasteiger partial charge >= 0.3 is 5.97 Å². The summed E-state index contributed by atoms with van der Waals surface area (Å²) in [4.78, 5) is 28.6. The van der Waals surface area contributed by atoms with Crippen LogP contribution in [0.4, 0.5) is 0 Å². The average Bonchev–Trinajstić information content (AvgIpc) is 3.63. The zero-order valence-corrected chi connectivity index (χ0v) is 21.3. The molecule has 0 spiro atoms. The molecule has 2 aromatic heterocycles. The minimum Gasteiger partial charge on any atom is -0.466 e. The molecule has 2 heterocycles. The fourth-order valence-corrected chi connectivity index (χ4v) is 5.10. The lowest BCUT2D eigenvalue weighted by atomic mass is 10.0. The Morgan fingerprint density at radius 3 is 2.58 bits per heavy atom. The van der Waals surface area contributed by atoms with Gasteiger partial charge in [-0.2, -0.15) is 0 Å². The molecule has 190 valence electrons. The number of furan rings is 1. The molecule has 0 bridgehead atoms. The van der Waals surface area contributed by atoms with Gasteiger partial charge in [0, 0.05) is 25.2 Å². The van der Waals surface area contributed by atoms with Crippen molar-refractivity contribution in [2.24, 2.45) is 0 Å². The molecule has 1 amide bonds. The molecule has 9 nitrogen and oxygen atoms in total. The van der Waals surface area contributed by atoms with Gasteiger partial charge in [0.1, 0.15) is 11.5 Å². The first-order chi connectivity index (χ1) is 17.2. The van der Waals surface area contributed by atoms with E-state index in [4.69, 9.17) is 4.42 Å². The van der Waals surface area contributed by atoms with Gasteiger partial charge < -0.3 is 14.5 Å². The number of sulfonamides is 1. The number of fused-ring (bicyclic) bond motifs is 1. The third kappa shape index (κ3) is 5.83. The van der Waals surface area contributed by atoms with E-state index in [1.165, 1.54) is 13.2 Å². The predicted molar refractivity (Wildman–Crippen MR) is 136 cm³/mol. The SMILES string of the molecule is CNC(=O)c1c(-c2ccc(C)cc2)oc2nc(CS(=O)(=O)NCC/C=C/C(=O)OC)c(C3CC3)cc12. The Kier molecular flexibility index (Phi) is 7.56. The van der Waals surface area contributed by atoms with Crippen LogP contribution in [-0.2, 0) is 25.3 Å². The summed E-state index contributed by atoms with van der Waals surface area (Å²) < 4.78 is 38.7. The standard InChI is InChI=1S/C26H29N3O6S/c1-16-7-9-18(10-8-16)24-23(25(31)27-2)20-14-19(17-11-12-17)21(29-26(20)35-24)15-36(32,33)28-13-5-4-6-22(30)34-3/h4,6-10,14,17,28H,5,11-13,15H2,1-3H3,(H,27,31)/b6-4+. The van der Waals surface area contributed by atoms with E-state index < -0.39 is 16.0 Å². The largest absolute Gasteiger partial charge is 0.466 e. The third-order valence-electron chi connectivity index (χ3n) is 6.00. The number of carbonyl (C=O) groups is 2. The summed E-state index contributed by atoms with van der Waals surface area (Å²) >= 11 is 0. The first-order valence-electron chi connectivity index (χ1n) is 11.7. The van der Waals surface area contributed by atoms with E-state index in [0.29, 0.717) is 28.8 Å². The molecule has 1 aromatic carbocycles. The molecule has 0 saturated heterocycles. The molecule has 2 N–H and O–H groups in total. The number of amides is 1. The van der Waals surface area contributed by atoms with Gasteiger partial charge in [0.2, 0.25) is 15.7 Å². The predicted octanol–water partition coefficient (Wildman–Crippen LogP) is 3.58. The van der Waals surface area contributed by atoms with Crippen LogP contribution in [0, 0.1) is 6.92 Å². The summed E-state index contributed by atoms with van der Waals surface area (Å²) in [6.45, 7) is 2.11. The van der Waals surface area contributed by atoms with Gasteiger partial charge in [-0.05, 0) is 43.7 Å². The van der Waals surface area contributed by atoms with E-state index >= 15 is 0 Å². The van der Waals surface area contributed by atoms with Crippen LogP contribution in [0.3, 0.4) is 0 Å². The Bertz CT molecular complexity index is 1420. The second-order valence-electron chi connectivity index (χ2n) is 8.77. The van der Waals surface area contributed by atoms with Crippen molar-refractivity contribution in [3.05, 3.63) is 64.9 Å². The highest BCUT2D eigenvalue weighted by Gasteiger charge is 2.31. The molecular weight excluding hydrogens is 482 g/mol. The van der Waals surface area contributed by atoms with Crippen molar-refractivity contribution in [2.75, 3.05) is 20.7 Å². The van der Waals surface area contributed by atoms with Gasteiger partial charge in [0.05, 0.1) is 23.8 Å². The van der Waals surface area contributed by atoms with Crippen molar-refractivity contribution in [1.29, 1.82) is 0 Å². The smallest absolute Gasteiger partial charge is 0.330 e. The zero-order valence-electron chi connectivity index (χ0n) is 20.5. The fraction of sp³-hybridized carbons (Fsp3) is 0.346. The van der Waals surface area contributed by atoms with Crippen LogP contribution in [0.15, 0.2) is 46.9 Å². The second kappa shape index (κ2) is 10.6. The molecule has 36 heavy (non-hydrogen) atoms. The number of hydrogen-bond donors (Lipinski definition) is 2. The van der Waals surface area contributed by atoms with Crippen LogP contribution in [0.1, 0.15) is 52.4 Å². The lowest BCUT2D eigenvalue weighted by Gasteiger charge is -2.10. The first-order valence-corrected chi connectivity index (χ1v) is 13.3. The number of ether oxygens (including phenoxy) is 1. The normalized spacial score (nSPS) is 13.9. The summed E-state index contributed by atoms with van der Waals surface area (Å²) in [5.41, 5.74) is 3.65. The third-order valence-corrected chi connectivity index (χ3v) is 7.29. The first kappa shape index (κ1) is 25.6. The highest BCUT2D eigenvalue weighted by Crippen LogP contribution is 2.44. The van der Waals surface area contributed by atoms with Crippen molar-refractivity contribution in [2.45, 2.75) is 37.9 Å². The quantitative estimate of drug-likeness (QED) is 0.242. The van der Waals surface area contributed by atoms with Crippen LogP contribution >= 0.6 is 0 Å². The number of methoxy groups -OCH3 is 1. The molecule has 0 atom stereocenters. The van der Waals surface area contributed by atoms with E-state index in [2.05, 4.69) is 19.8 Å². The van der Waals surface area contributed by atoms with Gasteiger partial charge in [0.15, 0.2) is 0 Å². The number of nitrogens with zero attached hydrogens (tertiary/aromatic N) is 1. The van der Waals surface area contributed by atoms with Crippen molar-refractivity contribution >= 4 is 33.0 Å². The summed E-state index contributed by atoms with van der Waals surface area (Å²) in [5.74, 6) is -0.510. The maximum absolute atomic E-state index is 12.9. The van der Waals surface area contributed by atoms with Gasteiger partial charge in [-0.1, -0.05) is 35.9 Å². The number of benzene rings is 1. The molecule has 1 saturated carbocycles. The van der Waals surface area contributed by atoms with E-state index in [-0.39, 0.29) is 29.8 Å². The minimum atomic E-state index is -3.70. The second-order valence-corrected chi connectivity index (χ2v) is 10.6. The highest BCUT2D eigenvalue weighted by molar-refractivity contribution is 7.88. The Morgan fingerprint density at radius 2 is 1.94 bits per heavy atom. The molecular formula is C26H29N3O6S. The zero-order chi connectivity index (χ0) is 25.9. The van der Waals surface area contributed by atoms with Crippen molar-refractivity contribution < 1.29 is 27.2 Å². The molecule has 0 radical (unpaired) electrons. The Morgan fingerprint density at radius 1 is 1.22 bits per heavy atom. The van der Waals surface area contributed by atoms with Crippen LogP contribution in [-0.4, -0.2) is 46.0 Å². The summed E-state index contributed by atoms with van der Waals surface area (Å²) in [7, 11) is -0.870.